The molecule has 0 unspecified atom stereocenters. The minimum Gasteiger partial charge on any atom is -0.481 e. The minimum absolute atomic E-state index is 0.0796. The van der Waals surface area contributed by atoms with E-state index in [2.05, 4.69) is 4.98 Å². The number of benzene rings is 1. The number of ether oxygens (including phenoxy) is 1. The van der Waals surface area contributed by atoms with Gasteiger partial charge in [0.15, 0.2) is 5.13 Å². The lowest BCUT2D eigenvalue weighted by molar-refractivity contribution is -0.141. The Morgan fingerprint density at radius 2 is 1.84 bits per heavy atom. The number of nitrogens with zero attached hydrogens (tertiary/aromatic N) is 3. The molecular formula is C29H33N3O4S. The van der Waals surface area contributed by atoms with Gasteiger partial charge in [0, 0.05) is 40.7 Å². The molecule has 1 N–H and O–H groups in total. The van der Waals surface area contributed by atoms with Crippen LogP contribution in [-0.2, 0) is 9.59 Å². The zero-order valence-electron chi connectivity index (χ0n) is 21.1. The summed E-state index contributed by atoms with van der Waals surface area (Å²) in [4.78, 5) is 36.6. The number of amides is 1. The Kier molecular flexibility index (Phi) is 7.84. The molecule has 0 aliphatic heterocycles. The third-order valence-corrected chi connectivity index (χ3v) is 8.26. The van der Waals surface area contributed by atoms with Gasteiger partial charge in [-0.3, -0.25) is 14.5 Å². The Labute approximate surface area is 221 Å². The van der Waals surface area contributed by atoms with Gasteiger partial charge in [0.1, 0.15) is 0 Å². The smallest absolute Gasteiger partial charge is 0.304 e. The Bertz CT molecular complexity index is 1230. The van der Waals surface area contributed by atoms with Gasteiger partial charge in [-0.15, -0.1) is 11.3 Å². The summed E-state index contributed by atoms with van der Waals surface area (Å²) < 4.78 is 5.20. The summed E-state index contributed by atoms with van der Waals surface area (Å²) in [6, 6.07) is 11.9. The first-order valence-electron chi connectivity index (χ1n) is 13.1. The van der Waals surface area contributed by atoms with E-state index in [1.165, 1.54) is 30.6 Å². The van der Waals surface area contributed by atoms with Gasteiger partial charge in [-0.1, -0.05) is 56.4 Å². The van der Waals surface area contributed by atoms with Gasteiger partial charge < -0.3 is 9.84 Å². The van der Waals surface area contributed by atoms with Crippen molar-refractivity contribution >= 4 is 28.3 Å². The van der Waals surface area contributed by atoms with Crippen LogP contribution in [-0.4, -0.2) is 40.1 Å². The van der Waals surface area contributed by atoms with Crippen molar-refractivity contribution in [3.8, 4) is 28.3 Å². The zero-order valence-corrected chi connectivity index (χ0v) is 22.0. The lowest BCUT2D eigenvalue weighted by Gasteiger charge is -2.29. The first kappa shape index (κ1) is 25.4. The number of pyridine rings is 1. The summed E-state index contributed by atoms with van der Waals surface area (Å²) in [6.45, 7) is 0. The van der Waals surface area contributed by atoms with Gasteiger partial charge in [0.05, 0.1) is 19.2 Å². The fourth-order valence-corrected chi connectivity index (χ4v) is 6.28. The van der Waals surface area contributed by atoms with Crippen LogP contribution in [0.2, 0.25) is 0 Å². The third-order valence-electron chi connectivity index (χ3n) is 7.42. The molecule has 2 fully saturated rings. The van der Waals surface area contributed by atoms with Gasteiger partial charge in [-0.2, -0.15) is 0 Å². The number of rotatable bonds is 10. The fraction of sp³-hybridized carbons (Fsp3) is 0.448. The average Bonchev–Trinajstić information content (AvgIpc) is 3.64. The minimum atomic E-state index is -0.910. The van der Waals surface area contributed by atoms with E-state index in [9.17, 15) is 14.7 Å². The lowest BCUT2D eigenvalue weighted by atomic mass is 9.81. The molecule has 7 nitrogen and oxygen atoms in total. The molecule has 2 aliphatic carbocycles. The summed E-state index contributed by atoms with van der Waals surface area (Å²) in [7, 11) is 1.59. The number of carbonyl (C=O) groups is 2. The highest BCUT2D eigenvalue weighted by atomic mass is 32.1. The number of aromatic nitrogens is 2. The molecule has 1 amide bonds. The lowest BCUT2D eigenvalue weighted by Crippen LogP contribution is -2.39. The molecule has 5 rings (SSSR count). The molecule has 0 spiro atoms. The molecule has 1 atom stereocenters. The Morgan fingerprint density at radius 3 is 2.49 bits per heavy atom. The highest BCUT2D eigenvalue weighted by molar-refractivity contribution is 7.14. The topological polar surface area (TPSA) is 92.6 Å². The van der Waals surface area contributed by atoms with Crippen LogP contribution < -0.4 is 9.64 Å². The van der Waals surface area contributed by atoms with Crippen LogP contribution in [0.4, 0.5) is 5.13 Å². The second-order valence-corrected chi connectivity index (χ2v) is 11.0. The van der Waals surface area contributed by atoms with Crippen molar-refractivity contribution in [2.75, 3.05) is 12.0 Å². The highest BCUT2D eigenvalue weighted by Crippen LogP contribution is 2.40. The van der Waals surface area contributed by atoms with E-state index in [-0.39, 0.29) is 18.4 Å². The van der Waals surface area contributed by atoms with Crippen LogP contribution in [0.25, 0.3) is 22.4 Å². The summed E-state index contributed by atoms with van der Waals surface area (Å²) in [5, 5.41) is 12.2. The fourth-order valence-electron chi connectivity index (χ4n) is 5.38. The average molecular weight is 520 g/mol. The van der Waals surface area contributed by atoms with E-state index in [4.69, 9.17) is 9.72 Å². The SMILES string of the molecule is COc1ccc(-c2ccccc2-c2csc(N(C(=O)[C@@H](CC(=O)O)CC3CCCCC3)C3CC3)n2)cn1. The Hall–Kier alpha value is -3.26. The maximum absolute atomic E-state index is 13.8. The van der Waals surface area contributed by atoms with E-state index in [1.54, 1.807) is 13.3 Å². The van der Waals surface area contributed by atoms with Crippen molar-refractivity contribution in [3.63, 3.8) is 0 Å². The van der Waals surface area contributed by atoms with Crippen LogP contribution in [0.5, 0.6) is 5.88 Å². The molecule has 8 heteroatoms. The largest absolute Gasteiger partial charge is 0.481 e. The molecule has 3 aromatic rings. The van der Waals surface area contributed by atoms with E-state index in [1.807, 2.05) is 46.7 Å². The maximum Gasteiger partial charge on any atom is 0.304 e. The molecule has 2 saturated carbocycles. The second-order valence-electron chi connectivity index (χ2n) is 10.1. The molecular weight excluding hydrogens is 486 g/mol. The van der Waals surface area contributed by atoms with E-state index >= 15 is 0 Å². The second kappa shape index (κ2) is 11.4. The molecule has 0 radical (unpaired) electrons. The predicted octanol–water partition coefficient (Wildman–Crippen LogP) is 6.44. The van der Waals surface area contributed by atoms with Crippen molar-refractivity contribution in [1.29, 1.82) is 0 Å². The van der Waals surface area contributed by atoms with Crippen molar-refractivity contribution < 1.29 is 19.4 Å². The van der Waals surface area contributed by atoms with Crippen LogP contribution in [0.1, 0.15) is 57.8 Å². The van der Waals surface area contributed by atoms with Crippen molar-refractivity contribution in [2.45, 2.75) is 63.8 Å². The van der Waals surface area contributed by atoms with Gasteiger partial charge in [0.25, 0.3) is 0 Å². The number of carboxylic acid groups (broad SMARTS) is 1. The first-order chi connectivity index (χ1) is 18.0. The van der Waals surface area contributed by atoms with E-state index < -0.39 is 11.9 Å². The summed E-state index contributed by atoms with van der Waals surface area (Å²) >= 11 is 1.45. The van der Waals surface area contributed by atoms with Crippen LogP contribution in [0.15, 0.2) is 48.0 Å². The molecule has 37 heavy (non-hydrogen) atoms. The summed E-state index contributed by atoms with van der Waals surface area (Å²) in [6.07, 6.45) is 9.93. The maximum atomic E-state index is 13.8. The number of aliphatic carboxylic acids is 1. The zero-order chi connectivity index (χ0) is 25.8. The highest BCUT2D eigenvalue weighted by Gasteiger charge is 2.40. The predicted molar refractivity (Wildman–Crippen MR) is 145 cm³/mol. The molecule has 194 valence electrons. The molecule has 2 aliphatic rings. The van der Waals surface area contributed by atoms with Gasteiger partial charge in [0.2, 0.25) is 11.8 Å². The molecule has 1 aromatic carbocycles. The van der Waals surface area contributed by atoms with E-state index in [0.29, 0.717) is 23.4 Å². The molecule has 2 aromatic heterocycles. The van der Waals surface area contributed by atoms with Crippen molar-refractivity contribution in [2.24, 2.45) is 11.8 Å². The number of carbonyl (C=O) groups excluding carboxylic acids is 1. The van der Waals surface area contributed by atoms with Crippen LogP contribution >= 0.6 is 11.3 Å². The molecule has 0 saturated heterocycles. The van der Waals surface area contributed by atoms with Crippen molar-refractivity contribution in [1.82, 2.24) is 9.97 Å². The number of thiazole rings is 1. The summed E-state index contributed by atoms with van der Waals surface area (Å²) in [5.41, 5.74) is 3.71. The van der Waals surface area contributed by atoms with Crippen LogP contribution in [0.3, 0.4) is 0 Å². The number of methoxy groups -OCH3 is 1. The first-order valence-corrected chi connectivity index (χ1v) is 14.0. The number of carboxylic acids is 1. The monoisotopic (exact) mass is 519 g/mol. The van der Waals surface area contributed by atoms with Gasteiger partial charge >= 0.3 is 5.97 Å². The quantitative estimate of drug-likeness (QED) is 0.331. The number of anilines is 1. The van der Waals surface area contributed by atoms with Gasteiger partial charge in [-0.05, 0) is 36.8 Å². The van der Waals surface area contributed by atoms with Crippen molar-refractivity contribution in [3.05, 3.63) is 48.0 Å². The summed E-state index contributed by atoms with van der Waals surface area (Å²) in [5.74, 6) is -0.512. The van der Waals surface area contributed by atoms with E-state index in [0.717, 1.165) is 48.1 Å². The van der Waals surface area contributed by atoms with Gasteiger partial charge in [-0.25, -0.2) is 9.97 Å². The normalized spacial score (nSPS) is 16.8. The number of hydrogen-bond acceptors (Lipinski definition) is 6. The van der Waals surface area contributed by atoms with Crippen LogP contribution in [0, 0.1) is 11.8 Å². The third kappa shape index (κ3) is 6.01. The standard InChI is InChI=1S/C29H33N3O4S/c1-36-26-14-11-20(17-30-26)23-9-5-6-10-24(23)25-18-37-29(31-25)32(22-12-13-22)28(35)21(16-27(33)34)15-19-7-3-2-4-8-19/h5-6,9-11,14,17-19,21-22H,2-4,7-8,12-13,15-16H2,1H3,(H,33,34)/t21-/m1/s1. The molecule has 2 heterocycles. The Morgan fingerprint density at radius 1 is 1.08 bits per heavy atom. The number of hydrogen-bond donors (Lipinski definition) is 1. The Balaban J connectivity index is 1.42. The molecule has 0 bridgehead atoms.